The van der Waals surface area contributed by atoms with E-state index in [0.717, 1.165) is 35.0 Å². The number of aryl methyl sites for hydroxylation is 1. The van der Waals surface area contributed by atoms with Crippen molar-refractivity contribution >= 4 is 22.4 Å². The van der Waals surface area contributed by atoms with Gasteiger partial charge in [0, 0.05) is 43.3 Å². The van der Waals surface area contributed by atoms with Gasteiger partial charge >= 0.3 is 0 Å². The van der Waals surface area contributed by atoms with Gasteiger partial charge in [0.2, 0.25) is 5.91 Å². The van der Waals surface area contributed by atoms with Crippen molar-refractivity contribution in [3.63, 3.8) is 0 Å². The van der Waals surface area contributed by atoms with Crippen LogP contribution in [0.25, 0.3) is 10.8 Å². The van der Waals surface area contributed by atoms with Gasteiger partial charge in [0.15, 0.2) is 0 Å². The van der Waals surface area contributed by atoms with Crippen molar-refractivity contribution in [3.8, 4) is 11.8 Å². The molecule has 0 N–H and O–H groups in total. The highest BCUT2D eigenvalue weighted by Gasteiger charge is 2.47. The molecule has 39 heavy (non-hydrogen) atoms. The summed E-state index contributed by atoms with van der Waals surface area (Å²) in [5, 5.41) is 12.9. The van der Waals surface area contributed by atoms with Gasteiger partial charge in [-0.3, -0.25) is 4.79 Å². The van der Waals surface area contributed by atoms with Crippen LogP contribution in [0.1, 0.15) is 35.1 Å². The van der Waals surface area contributed by atoms with E-state index in [1.807, 2.05) is 53.4 Å². The van der Waals surface area contributed by atoms with Gasteiger partial charge in [-0.1, -0.05) is 72.8 Å². The molecule has 1 saturated heterocycles. The highest BCUT2D eigenvalue weighted by atomic mass is 16.5. The molecule has 1 amide bonds. The monoisotopic (exact) mass is 517 g/mol. The fourth-order valence-electron chi connectivity index (χ4n) is 5.99. The van der Waals surface area contributed by atoms with E-state index in [-0.39, 0.29) is 5.91 Å². The van der Waals surface area contributed by atoms with Crippen LogP contribution in [0, 0.1) is 30.6 Å². The fraction of sp³-hybridized carbons (Fsp3) is 0.294. The molecule has 1 aliphatic rings. The van der Waals surface area contributed by atoms with E-state index in [2.05, 4.69) is 61.2 Å². The fourth-order valence-corrected chi connectivity index (χ4v) is 5.99. The number of ether oxygens (including phenoxy) is 1. The Morgan fingerprint density at radius 2 is 1.51 bits per heavy atom. The zero-order valence-corrected chi connectivity index (χ0v) is 23.1. The number of fused-ring (bicyclic) bond motifs is 1. The first kappa shape index (κ1) is 26.3. The first-order chi connectivity index (χ1) is 18.9. The largest absolute Gasteiger partial charge is 0.496 e. The molecule has 1 aliphatic heterocycles. The van der Waals surface area contributed by atoms with E-state index in [9.17, 15) is 10.1 Å². The number of rotatable bonds is 6. The second-order valence-electron chi connectivity index (χ2n) is 10.6. The number of hydrogen-bond donors (Lipinski definition) is 0. The molecule has 0 saturated carbocycles. The molecule has 5 rings (SSSR count). The van der Waals surface area contributed by atoms with E-state index in [1.54, 1.807) is 14.0 Å². The average Bonchev–Trinajstić information content (AvgIpc) is 2.98. The minimum Gasteiger partial charge on any atom is -0.496 e. The number of hydrogen-bond acceptors (Lipinski definition) is 4. The normalized spacial score (nSPS) is 15.9. The third kappa shape index (κ3) is 4.72. The molecule has 0 bridgehead atoms. The molecular weight excluding hydrogens is 482 g/mol. The van der Waals surface area contributed by atoms with E-state index in [4.69, 9.17) is 4.74 Å². The van der Waals surface area contributed by atoms with Gasteiger partial charge in [-0.2, -0.15) is 5.26 Å². The smallest absolute Gasteiger partial charge is 0.243 e. The Morgan fingerprint density at radius 3 is 2.26 bits per heavy atom. The molecular formula is C34H35N3O2. The van der Waals surface area contributed by atoms with Crippen LogP contribution in [0.4, 0.5) is 5.69 Å². The molecule has 1 fully saturated rings. The van der Waals surface area contributed by atoms with Crippen molar-refractivity contribution in [3.05, 3.63) is 107 Å². The summed E-state index contributed by atoms with van der Waals surface area (Å²) in [6.45, 7) is 8.66. The number of piperazine rings is 1. The maximum atomic E-state index is 14.4. The number of anilines is 1. The SMILES string of the molecule is COc1ccccc1C(c1cccc2ccccc12)C(C)(C#N)C(=O)N1CCN(c2cccc(C)c2C)CC1. The van der Waals surface area contributed by atoms with Gasteiger partial charge in [0.05, 0.1) is 13.2 Å². The maximum Gasteiger partial charge on any atom is 0.243 e. The van der Waals surface area contributed by atoms with Crippen LogP contribution in [0.5, 0.6) is 5.75 Å². The number of para-hydroxylation sites is 1. The van der Waals surface area contributed by atoms with Crippen molar-refractivity contribution in [2.75, 3.05) is 38.2 Å². The van der Waals surface area contributed by atoms with Crippen molar-refractivity contribution in [1.82, 2.24) is 4.90 Å². The second-order valence-corrected chi connectivity index (χ2v) is 10.6. The van der Waals surface area contributed by atoms with Crippen molar-refractivity contribution < 1.29 is 9.53 Å². The van der Waals surface area contributed by atoms with Crippen LogP contribution in [0.2, 0.25) is 0 Å². The summed E-state index contributed by atoms with van der Waals surface area (Å²) >= 11 is 0. The Hall–Kier alpha value is -4.30. The van der Waals surface area contributed by atoms with Crippen LogP contribution in [-0.4, -0.2) is 44.1 Å². The van der Waals surface area contributed by atoms with Crippen molar-refractivity contribution in [2.24, 2.45) is 5.41 Å². The van der Waals surface area contributed by atoms with E-state index >= 15 is 0 Å². The molecule has 5 heteroatoms. The number of methoxy groups -OCH3 is 1. The Morgan fingerprint density at radius 1 is 0.872 bits per heavy atom. The Labute approximate surface area is 231 Å². The summed E-state index contributed by atoms with van der Waals surface area (Å²) in [6.07, 6.45) is 0. The Kier molecular flexibility index (Phi) is 7.30. The summed E-state index contributed by atoms with van der Waals surface area (Å²) in [6, 6.07) is 30.9. The summed E-state index contributed by atoms with van der Waals surface area (Å²) < 4.78 is 5.77. The summed E-state index contributed by atoms with van der Waals surface area (Å²) in [5.74, 6) is 0.00759. The number of nitrogens with zero attached hydrogens (tertiary/aromatic N) is 3. The average molecular weight is 518 g/mol. The van der Waals surface area contributed by atoms with Gasteiger partial charge in [-0.25, -0.2) is 0 Å². The number of carbonyl (C=O) groups excluding carboxylic acids is 1. The Bertz CT molecular complexity index is 1540. The minimum absolute atomic E-state index is 0.144. The molecule has 0 aliphatic carbocycles. The molecule has 2 atom stereocenters. The topological polar surface area (TPSA) is 56.6 Å². The lowest BCUT2D eigenvalue weighted by molar-refractivity contribution is -0.139. The minimum atomic E-state index is -1.35. The lowest BCUT2D eigenvalue weighted by atomic mass is 9.68. The number of amides is 1. The molecule has 2 unspecified atom stereocenters. The third-order valence-electron chi connectivity index (χ3n) is 8.32. The van der Waals surface area contributed by atoms with Gasteiger partial charge in [0.25, 0.3) is 0 Å². The van der Waals surface area contributed by atoms with E-state index < -0.39 is 11.3 Å². The number of nitriles is 1. The molecule has 0 radical (unpaired) electrons. The van der Waals surface area contributed by atoms with Crippen LogP contribution in [0.15, 0.2) is 84.9 Å². The van der Waals surface area contributed by atoms with Crippen molar-refractivity contribution in [2.45, 2.75) is 26.7 Å². The van der Waals surface area contributed by atoms with Crippen molar-refractivity contribution in [1.29, 1.82) is 5.26 Å². The third-order valence-corrected chi connectivity index (χ3v) is 8.32. The zero-order valence-electron chi connectivity index (χ0n) is 23.1. The highest BCUT2D eigenvalue weighted by molar-refractivity contribution is 5.91. The van der Waals surface area contributed by atoms with E-state index in [1.165, 1.54) is 16.8 Å². The van der Waals surface area contributed by atoms with Gasteiger partial charge in [0.1, 0.15) is 11.2 Å². The summed E-state index contributed by atoms with van der Waals surface area (Å²) in [7, 11) is 1.64. The summed E-state index contributed by atoms with van der Waals surface area (Å²) in [5.41, 5.74) is 4.18. The molecule has 1 heterocycles. The van der Waals surface area contributed by atoms with Crippen LogP contribution in [0.3, 0.4) is 0 Å². The van der Waals surface area contributed by atoms with Crippen LogP contribution >= 0.6 is 0 Å². The first-order valence-electron chi connectivity index (χ1n) is 13.5. The molecule has 0 aromatic heterocycles. The molecule has 4 aromatic rings. The van der Waals surface area contributed by atoms with Crippen LogP contribution in [-0.2, 0) is 4.79 Å². The molecule has 5 nitrogen and oxygen atoms in total. The molecule has 198 valence electrons. The molecule has 0 spiro atoms. The van der Waals surface area contributed by atoms with Crippen LogP contribution < -0.4 is 9.64 Å². The maximum absolute atomic E-state index is 14.4. The highest BCUT2D eigenvalue weighted by Crippen LogP contribution is 2.47. The van der Waals surface area contributed by atoms with Gasteiger partial charge in [-0.15, -0.1) is 0 Å². The number of carbonyl (C=O) groups is 1. The quantitative estimate of drug-likeness (QED) is 0.294. The summed E-state index contributed by atoms with van der Waals surface area (Å²) in [4.78, 5) is 18.6. The molecule has 4 aromatic carbocycles. The Balaban J connectivity index is 1.54. The second kappa shape index (κ2) is 10.8. The van der Waals surface area contributed by atoms with Gasteiger partial charge < -0.3 is 14.5 Å². The van der Waals surface area contributed by atoms with E-state index in [0.29, 0.717) is 18.8 Å². The lowest BCUT2D eigenvalue weighted by Crippen LogP contribution is -2.54. The number of benzene rings is 4. The standard InChI is InChI=1S/C34H35N3O2/c1-24-11-9-17-30(25(24)2)36-19-21-37(22-20-36)33(38)34(3,23-35)32(29-15-7-8-18-31(29)39-4)28-16-10-13-26-12-5-6-14-27(26)28/h5-18,32H,19-22H2,1-4H3. The zero-order chi connectivity index (χ0) is 27.6. The lowest BCUT2D eigenvalue weighted by Gasteiger charge is -2.41. The predicted molar refractivity (Wildman–Crippen MR) is 157 cm³/mol. The van der Waals surface area contributed by atoms with Gasteiger partial charge in [-0.05, 0) is 60.4 Å². The first-order valence-corrected chi connectivity index (χ1v) is 13.5. The predicted octanol–water partition coefficient (Wildman–Crippen LogP) is 6.48.